The molecule has 28 heavy (non-hydrogen) atoms. The largest absolute Gasteiger partial charge is 0.352 e. The van der Waals surface area contributed by atoms with Crippen LogP contribution in [0.2, 0.25) is 0 Å². The lowest BCUT2D eigenvalue weighted by molar-refractivity contribution is 0.0746. The van der Waals surface area contributed by atoms with Crippen LogP contribution in [0.3, 0.4) is 0 Å². The summed E-state index contributed by atoms with van der Waals surface area (Å²) >= 11 is 0. The number of benzene rings is 2. The Morgan fingerprint density at radius 1 is 1.00 bits per heavy atom. The van der Waals surface area contributed by atoms with Crippen molar-refractivity contribution in [2.45, 2.75) is 13.5 Å². The number of carbonyl (C=O) groups is 1. The number of nitrogens with one attached hydrogen (secondary N) is 1. The predicted octanol–water partition coefficient (Wildman–Crippen LogP) is 4.90. The Kier molecular flexibility index (Phi) is 5.93. The van der Waals surface area contributed by atoms with Crippen molar-refractivity contribution < 1.29 is 18.0 Å². The zero-order chi connectivity index (χ0) is 20.1. The van der Waals surface area contributed by atoms with Crippen molar-refractivity contribution in [3.05, 3.63) is 89.5 Å². The minimum Gasteiger partial charge on any atom is -0.352 e. The first-order chi connectivity index (χ1) is 13.5. The fourth-order valence-electron chi connectivity index (χ4n) is 2.67. The van der Waals surface area contributed by atoms with E-state index in [1.807, 2.05) is 37.3 Å². The first-order valence-corrected chi connectivity index (χ1v) is 8.69. The van der Waals surface area contributed by atoms with Crippen molar-refractivity contribution in [3.8, 4) is 0 Å². The molecule has 1 heterocycles. The molecular weight excluding hydrogens is 367 g/mol. The lowest BCUT2D eigenvalue weighted by Gasteiger charge is -2.20. The van der Waals surface area contributed by atoms with Gasteiger partial charge in [-0.05, 0) is 36.8 Å². The molecule has 0 radical (unpaired) electrons. The average Bonchev–Trinajstić information content (AvgIpc) is 2.73. The topological polar surface area (TPSA) is 45.2 Å². The first kappa shape index (κ1) is 19.4. The highest BCUT2D eigenvalue weighted by atomic mass is 19.2. The molecule has 4 nitrogen and oxygen atoms in total. The summed E-state index contributed by atoms with van der Waals surface area (Å²) in [7, 11) is 0. The SMILES string of the molecule is CCN(Cc1ccccc1)C(=O)c1ccc(Nc2ccc(F)c(F)c2F)cn1. The average molecular weight is 385 g/mol. The van der Waals surface area contributed by atoms with Gasteiger partial charge in [0.15, 0.2) is 17.5 Å². The van der Waals surface area contributed by atoms with Crippen LogP contribution in [0.1, 0.15) is 23.0 Å². The highest BCUT2D eigenvalue weighted by molar-refractivity contribution is 5.92. The van der Waals surface area contributed by atoms with Crippen molar-refractivity contribution in [1.29, 1.82) is 0 Å². The summed E-state index contributed by atoms with van der Waals surface area (Å²) in [5, 5.41) is 2.62. The number of rotatable bonds is 6. The van der Waals surface area contributed by atoms with Crippen LogP contribution >= 0.6 is 0 Å². The fraction of sp³-hybridized carbons (Fsp3) is 0.143. The van der Waals surface area contributed by atoms with E-state index >= 15 is 0 Å². The zero-order valence-electron chi connectivity index (χ0n) is 15.1. The van der Waals surface area contributed by atoms with Crippen LogP contribution in [0.4, 0.5) is 24.5 Å². The maximum atomic E-state index is 13.8. The molecule has 7 heteroatoms. The molecule has 0 bridgehead atoms. The molecule has 0 unspecified atom stereocenters. The molecule has 1 aromatic heterocycles. The van der Waals surface area contributed by atoms with Crippen LogP contribution in [-0.2, 0) is 6.54 Å². The Balaban J connectivity index is 1.72. The lowest BCUT2D eigenvalue weighted by atomic mass is 10.2. The molecule has 3 aromatic rings. The summed E-state index contributed by atoms with van der Waals surface area (Å²) in [6, 6.07) is 14.5. The Morgan fingerprint density at radius 3 is 2.39 bits per heavy atom. The van der Waals surface area contributed by atoms with Gasteiger partial charge in [-0.1, -0.05) is 30.3 Å². The number of hydrogen-bond donors (Lipinski definition) is 1. The standard InChI is InChI=1S/C21H18F3N3O/c1-2-27(13-14-6-4-3-5-7-14)21(28)18-10-8-15(12-25-18)26-17-11-9-16(22)19(23)20(17)24/h3-12,26H,2,13H2,1H3. The fourth-order valence-corrected chi connectivity index (χ4v) is 2.67. The Bertz CT molecular complexity index is 963. The second-order valence-electron chi connectivity index (χ2n) is 6.08. The van der Waals surface area contributed by atoms with Crippen molar-refractivity contribution in [1.82, 2.24) is 9.88 Å². The molecule has 0 aliphatic carbocycles. The zero-order valence-corrected chi connectivity index (χ0v) is 15.1. The number of hydrogen-bond acceptors (Lipinski definition) is 3. The maximum Gasteiger partial charge on any atom is 0.272 e. The summed E-state index contributed by atoms with van der Waals surface area (Å²) in [6.07, 6.45) is 1.34. The predicted molar refractivity (Wildman–Crippen MR) is 101 cm³/mol. The quantitative estimate of drug-likeness (QED) is 0.614. The number of halogens is 3. The normalized spacial score (nSPS) is 10.6. The van der Waals surface area contributed by atoms with E-state index in [0.29, 0.717) is 18.8 Å². The number of carbonyl (C=O) groups excluding carboxylic acids is 1. The highest BCUT2D eigenvalue weighted by Gasteiger charge is 2.17. The number of anilines is 2. The van der Waals surface area contributed by atoms with E-state index in [1.54, 1.807) is 4.90 Å². The molecule has 0 atom stereocenters. The molecule has 1 amide bonds. The minimum absolute atomic E-state index is 0.223. The smallest absolute Gasteiger partial charge is 0.272 e. The molecule has 144 valence electrons. The number of nitrogens with zero attached hydrogens (tertiary/aromatic N) is 2. The van der Waals surface area contributed by atoms with Gasteiger partial charge in [0, 0.05) is 13.1 Å². The molecule has 3 rings (SSSR count). The summed E-state index contributed by atoms with van der Waals surface area (Å²) < 4.78 is 40.1. The van der Waals surface area contributed by atoms with Gasteiger partial charge >= 0.3 is 0 Å². The van der Waals surface area contributed by atoms with E-state index < -0.39 is 17.5 Å². The van der Waals surface area contributed by atoms with Crippen LogP contribution in [0, 0.1) is 17.5 Å². The van der Waals surface area contributed by atoms with Gasteiger partial charge in [-0.2, -0.15) is 0 Å². The monoisotopic (exact) mass is 385 g/mol. The Hall–Kier alpha value is -3.35. The van der Waals surface area contributed by atoms with E-state index in [-0.39, 0.29) is 17.3 Å². The van der Waals surface area contributed by atoms with Gasteiger partial charge in [-0.25, -0.2) is 18.2 Å². The third-order valence-electron chi connectivity index (χ3n) is 4.18. The van der Waals surface area contributed by atoms with Gasteiger partial charge in [0.2, 0.25) is 0 Å². The van der Waals surface area contributed by atoms with E-state index in [0.717, 1.165) is 17.7 Å². The van der Waals surface area contributed by atoms with Crippen LogP contribution in [0.5, 0.6) is 0 Å². The summed E-state index contributed by atoms with van der Waals surface area (Å²) in [5.41, 5.74) is 1.35. The molecule has 0 fully saturated rings. The van der Waals surface area contributed by atoms with Gasteiger partial charge in [-0.3, -0.25) is 4.79 Å². The molecule has 1 N–H and O–H groups in total. The minimum atomic E-state index is -1.55. The number of aromatic nitrogens is 1. The van der Waals surface area contributed by atoms with Gasteiger partial charge in [-0.15, -0.1) is 0 Å². The van der Waals surface area contributed by atoms with Crippen LogP contribution in [0.25, 0.3) is 0 Å². The second-order valence-corrected chi connectivity index (χ2v) is 6.08. The molecule has 0 aliphatic rings. The van der Waals surface area contributed by atoms with Gasteiger partial charge in [0.1, 0.15) is 5.69 Å². The van der Waals surface area contributed by atoms with Gasteiger partial charge in [0.25, 0.3) is 5.91 Å². The van der Waals surface area contributed by atoms with Gasteiger partial charge in [0.05, 0.1) is 17.6 Å². The van der Waals surface area contributed by atoms with E-state index in [4.69, 9.17) is 0 Å². The van der Waals surface area contributed by atoms with Crippen molar-refractivity contribution in [2.24, 2.45) is 0 Å². The summed E-state index contributed by atoms with van der Waals surface area (Å²) in [4.78, 5) is 18.4. The molecule has 2 aromatic carbocycles. The third kappa shape index (κ3) is 4.31. The number of pyridine rings is 1. The summed E-state index contributed by atoms with van der Waals surface area (Å²) in [6.45, 7) is 2.84. The van der Waals surface area contributed by atoms with Crippen molar-refractivity contribution >= 4 is 17.3 Å². The third-order valence-corrected chi connectivity index (χ3v) is 4.18. The molecule has 0 aliphatic heterocycles. The summed E-state index contributed by atoms with van der Waals surface area (Å²) in [5.74, 6) is -4.37. The van der Waals surface area contributed by atoms with Crippen molar-refractivity contribution in [3.63, 3.8) is 0 Å². The molecule has 0 saturated heterocycles. The van der Waals surface area contributed by atoms with Crippen LogP contribution in [0.15, 0.2) is 60.8 Å². The Labute approximate surface area is 160 Å². The van der Waals surface area contributed by atoms with Gasteiger partial charge < -0.3 is 10.2 Å². The van der Waals surface area contributed by atoms with E-state index in [9.17, 15) is 18.0 Å². The Morgan fingerprint density at radius 2 is 1.75 bits per heavy atom. The van der Waals surface area contributed by atoms with Crippen molar-refractivity contribution in [2.75, 3.05) is 11.9 Å². The van der Waals surface area contributed by atoms with Crippen LogP contribution < -0.4 is 5.32 Å². The molecule has 0 spiro atoms. The highest BCUT2D eigenvalue weighted by Crippen LogP contribution is 2.23. The second kappa shape index (κ2) is 8.56. The molecular formula is C21H18F3N3O. The maximum absolute atomic E-state index is 13.8. The molecule has 0 saturated carbocycles. The van der Waals surface area contributed by atoms with Crippen LogP contribution in [-0.4, -0.2) is 22.3 Å². The van der Waals surface area contributed by atoms with E-state index in [1.165, 1.54) is 18.3 Å². The number of amides is 1. The van der Waals surface area contributed by atoms with E-state index in [2.05, 4.69) is 10.3 Å². The lowest BCUT2D eigenvalue weighted by Crippen LogP contribution is -2.30. The first-order valence-electron chi connectivity index (χ1n) is 8.69.